The molecule has 0 saturated heterocycles. The standard InChI is InChI=1S/C13H15IO4S/c1-3-17-12(15)11(13(16)18-4-2)9-5-7-10(19-14)8-6-9/h5-8,11H,3-4H2,1-2H3. The van der Waals surface area contributed by atoms with Gasteiger partial charge in [0.25, 0.3) is 0 Å². The molecule has 0 radical (unpaired) electrons. The highest BCUT2D eigenvalue weighted by Gasteiger charge is 2.31. The monoisotopic (exact) mass is 394 g/mol. The molecule has 0 aromatic heterocycles. The van der Waals surface area contributed by atoms with Gasteiger partial charge in [0.15, 0.2) is 5.92 Å². The first-order valence-electron chi connectivity index (χ1n) is 5.85. The van der Waals surface area contributed by atoms with Crippen LogP contribution >= 0.6 is 30.1 Å². The van der Waals surface area contributed by atoms with Crippen LogP contribution in [-0.2, 0) is 19.1 Å². The lowest BCUT2D eigenvalue weighted by atomic mass is 9.99. The molecule has 4 nitrogen and oxygen atoms in total. The first kappa shape index (κ1) is 16.3. The van der Waals surface area contributed by atoms with Gasteiger partial charge in [0, 0.05) is 26.1 Å². The maximum atomic E-state index is 11.9. The van der Waals surface area contributed by atoms with Gasteiger partial charge in [-0.05, 0) is 31.5 Å². The fraction of sp³-hybridized carbons (Fsp3) is 0.385. The summed E-state index contributed by atoms with van der Waals surface area (Å²) in [5.41, 5.74) is 0.589. The fourth-order valence-electron chi connectivity index (χ4n) is 1.53. The van der Waals surface area contributed by atoms with E-state index in [0.717, 1.165) is 4.90 Å². The minimum Gasteiger partial charge on any atom is -0.465 e. The average Bonchev–Trinajstić information content (AvgIpc) is 2.40. The van der Waals surface area contributed by atoms with Crippen LogP contribution in [0.15, 0.2) is 29.2 Å². The van der Waals surface area contributed by atoms with Crippen molar-refractivity contribution >= 4 is 42.1 Å². The van der Waals surface area contributed by atoms with Gasteiger partial charge >= 0.3 is 11.9 Å². The summed E-state index contributed by atoms with van der Waals surface area (Å²) in [7, 11) is 1.56. The van der Waals surface area contributed by atoms with Crippen molar-refractivity contribution in [1.29, 1.82) is 0 Å². The second kappa shape index (κ2) is 8.42. The number of halogens is 1. The number of hydrogen-bond acceptors (Lipinski definition) is 5. The molecule has 0 N–H and O–H groups in total. The Morgan fingerprint density at radius 1 is 1.11 bits per heavy atom. The quantitative estimate of drug-likeness (QED) is 0.421. The fourth-order valence-corrected chi connectivity index (χ4v) is 2.65. The molecule has 104 valence electrons. The molecule has 1 aromatic rings. The Kier molecular flexibility index (Phi) is 7.22. The van der Waals surface area contributed by atoms with E-state index in [0.29, 0.717) is 5.56 Å². The average molecular weight is 394 g/mol. The molecule has 0 aliphatic heterocycles. The molecule has 19 heavy (non-hydrogen) atoms. The van der Waals surface area contributed by atoms with Crippen LogP contribution in [0, 0.1) is 0 Å². The Labute approximate surface area is 128 Å². The van der Waals surface area contributed by atoms with Crippen LogP contribution in [0.2, 0.25) is 0 Å². The van der Waals surface area contributed by atoms with E-state index >= 15 is 0 Å². The first-order chi connectivity index (χ1) is 9.13. The summed E-state index contributed by atoms with van der Waals surface area (Å²) in [5, 5.41) is 0. The van der Waals surface area contributed by atoms with Gasteiger partial charge in [-0.3, -0.25) is 9.59 Å². The molecule has 0 unspecified atom stereocenters. The molecule has 0 bridgehead atoms. The number of benzene rings is 1. The van der Waals surface area contributed by atoms with Gasteiger partial charge in [-0.25, -0.2) is 0 Å². The van der Waals surface area contributed by atoms with E-state index in [2.05, 4.69) is 21.2 Å². The molecule has 0 amide bonds. The predicted molar refractivity (Wildman–Crippen MR) is 82.3 cm³/mol. The van der Waals surface area contributed by atoms with Crippen molar-refractivity contribution in [3.8, 4) is 0 Å². The maximum absolute atomic E-state index is 11.9. The Morgan fingerprint density at radius 3 is 1.95 bits per heavy atom. The summed E-state index contributed by atoms with van der Waals surface area (Å²) in [6.45, 7) is 3.87. The van der Waals surface area contributed by atoms with E-state index < -0.39 is 17.9 Å². The maximum Gasteiger partial charge on any atom is 0.324 e. The SMILES string of the molecule is CCOC(=O)C(C(=O)OCC)c1ccc(SI)cc1. The van der Waals surface area contributed by atoms with Gasteiger partial charge in [0.2, 0.25) is 0 Å². The van der Waals surface area contributed by atoms with Crippen LogP contribution in [0.4, 0.5) is 0 Å². The van der Waals surface area contributed by atoms with Gasteiger partial charge in [-0.2, -0.15) is 0 Å². The molecule has 0 aliphatic rings. The molecule has 0 fully saturated rings. The van der Waals surface area contributed by atoms with Crippen molar-refractivity contribution in [3.63, 3.8) is 0 Å². The van der Waals surface area contributed by atoms with Crippen molar-refractivity contribution in [2.45, 2.75) is 24.7 Å². The van der Waals surface area contributed by atoms with E-state index in [1.54, 1.807) is 34.9 Å². The van der Waals surface area contributed by atoms with Crippen molar-refractivity contribution in [1.82, 2.24) is 0 Å². The number of carbonyl (C=O) groups is 2. The Hall–Kier alpha value is -0.760. The number of carbonyl (C=O) groups excluding carboxylic acids is 2. The summed E-state index contributed by atoms with van der Waals surface area (Å²) >= 11 is 2.17. The highest BCUT2D eigenvalue weighted by molar-refractivity contribution is 14.2. The Morgan fingerprint density at radius 2 is 1.58 bits per heavy atom. The lowest BCUT2D eigenvalue weighted by Gasteiger charge is -2.14. The molecule has 1 aromatic carbocycles. The molecule has 0 saturated carbocycles. The lowest BCUT2D eigenvalue weighted by molar-refractivity contribution is -0.156. The zero-order chi connectivity index (χ0) is 14.3. The predicted octanol–water partition coefficient (Wildman–Crippen LogP) is 3.34. The topological polar surface area (TPSA) is 52.6 Å². The molecule has 0 heterocycles. The van der Waals surface area contributed by atoms with E-state index in [1.807, 2.05) is 12.1 Å². The largest absolute Gasteiger partial charge is 0.465 e. The van der Waals surface area contributed by atoms with Gasteiger partial charge in [0.1, 0.15) is 0 Å². The van der Waals surface area contributed by atoms with Crippen LogP contribution in [0.3, 0.4) is 0 Å². The molecule has 1 rings (SSSR count). The molecular formula is C13H15IO4S. The number of rotatable bonds is 6. The Bertz CT molecular complexity index is 415. The zero-order valence-corrected chi connectivity index (χ0v) is 13.7. The van der Waals surface area contributed by atoms with Crippen molar-refractivity contribution in [2.24, 2.45) is 0 Å². The van der Waals surface area contributed by atoms with Crippen molar-refractivity contribution in [3.05, 3.63) is 29.8 Å². The summed E-state index contributed by atoms with van der Waals surface area (Å²) < 4.78 is 9.87. The second-order valence-corrected chi connectivity index (χ2v) is 5.53. The van der Waals surface area contributed by atoms with Crippen molar-refractivity contribution < 1.29 is 19.1 Å². The first-order valence-corrected chi connectivity index (χ1v) is 9.21. The van der Waals surface area contributed by atoms with Crippen LogP contribution in [0.1, 0.15) is 25.3 Å². The second-order valence-electron chi connectivity index (χ2n) is 3.58. The van der Waals surface area contributed by atoms with E-state index in [-0.39, 0.29) is 13.2 Å². The molecule has 6 heteroatoms. The van der Waals surface area contributed by atoms with E-state index in [4.69, 9.17) is 9.47 Å². The summed E-state index contributed by atoms with van der Waals surface area (Å²) in [6.07, 6.45) is 0. The van der Waals surface area contributed by atoms with Crippen LogP contribution < -0.4 is 0 Å². The zero-order valence-electron chi connectivity index (χ0n) is 10.7. The molecule has 0 aliphatic carbocycles. The number of esters is 2. The highest BCUT2D eigenvalue weighted by atomic mass is 127. The van der Waals surface area contributed by atoms with Gasteiger partial charge in [0.05, 0.1) is 13.2 Å². The van der Waals surface area contributed by atoms with Crippen LogP contribution in [0.5, 0.6) is 0 Å². The summed E-state index contributed by atoms with van der Waals surface area (Å²) in [4.78, 5) is 24.8. The van der Waals surface area contributed by atoms with Crippen LogP contribution in [-0.4, -0.2) is 25.2 Å². The minimum atomic E-state index is -1.01. The molecule has 0 atom stereocenters. The van der Waals surface area contributed by atoms with E-state index in [1.165, 1.54) is 0 Å². The van der Waals surface area contributed by atoms with Gasteiger partial charge in [-0.15, -0.1) is 0 Å². The third-order valence-electron chi connectivity index (χ3n) is 2.35. The minimum absolute atomic E-state index is 0.233. The molecular weight excluding hydrogens is 379 g/mol. The van der Waals surface area contributed by atoms with Crippen molar-refractivity contribution in [2.75, 3.05) is 13.2 Å². The normalized spacial score (nSPS) is 10.3. The summed E-state index contributed by atoms with van der Waals surface area (Å²) in [5.74, 6) is -2.15. The van der Waals surface area contributed by atoms with Gasteiger partial charge < -0.3 is 9.47 Å². The third-order valence-corrected chi connectivity index (χ3v) is 4.32. The Balaban J connectivity index is 3.00. The molecule has 0 spiro atoms. The third kappa shape index (κ3) is 4.68. The summed E-state index contributed by atoms with van der Waals surface area (Å²) in [6, 6.07) is 7.22. The highest BCUT2D eigenvalue weighted by Crippen LogP contribution is 2.27. The number of ether oxygens (including phenoxy) is 2. The van der Waals surface area contributed by atoms with E-state index in [9.17, 15) is 9.59 Å². The smallest absolute Gasteiger partial charge is 0.324 e. The number of hydrogen-bond donors (Lipinski definition) is 0. The van der Waals surface area contributed by atoms with Gasteiger partial charge in [-0.1, -0.05) is 21.1 Å². The lowest BCUT2D eigenvalue weighted by Crippen LogP contribution is -2.26. The van der Waals surface area contributed by atoms with Crippen LogP contribution in [0.25, 0.3) is 0 Å².